The van der Waals surface area contributed by atoms with Crippen LogP contribution in [0.3, 0.4) is 0 Å². The highest BCUT2D eigenvalue weighted by molar-refractivity contribution is 9.10. The number of benzene rings is 1. The van der Waals surface area contributed by atoms with Gasteiger partial charge in [-0.05, 0) is 31.0 Å². The van der Waals surface area contributed by atoms with Crippen molar-refractivity contribution < 1.29 is 4.74 Å². The lowest BCUT2D eigenvalue weighted by atomic mass is 9.90. The average molecular weight is 285 g/mol. The van der Waals surface area contributed by atoms with Crippen LogP contribution >= 0.6 is 15.9 Å². The minimum Gasteiger partial charge on any atom is -0.381 e. The van der Waals surface area contributed by atoms with Crippen molar-refractivity contribution in [2.75, 3.05) is 25.1 Å². The summed E-state index contributed by atoms with van der Waals surface area (Å²) in [6.45, 7) is 2.22. The van der Waals surface area contributed by atoms with E-state index in [4.69, 9.17) is 10.5 Å². The van der Waals surface area contributed by atoms with Crippen molar-refractivity contribution in [1.29, 1.82) is 0 Å². The normalized spacial score (nSPS) is 19.4. The van der Waals surface area contributed by atoms with E-state index in [0.717, 1.165) is 36.2 Å². The maximum Gasteiger partial charge on any atom is 0.0539 e. The Morgan fingerprint density at radius 1 is 1.38 bits per heavy atom. The van der Waals surface area contributed by atoms with E-state index >= 15 is 0 Å². The van der Waals surface area contributed by atoms with E-state index in [1.165, 1.54) is 0 Å². The van der Waals surface area contributed by atoms with E-state index in [1.807, 2.05) is 12.1 Å². The van der Waals surface area contributed by atoms with Crippen LogP contribution < -0.4 is 11.1 Å². The Balaban J connectivity index is 2.11. The first kappa shape index (κ1) is 11.9. The number of nitrogens with two attached hydrogens (primary N) is 1. The molecule has 1 saturated heterocycles. The fraction of sp³-hybridized carbons (Fsp3) is 0.500. The zero-order valence-corrected chi connectivity index (χ0v) is 10.8. The van der Waals surface area contributed by atoms with Gasteiger partial charge in [0.25, 0.3) is 0 Å². The van der Waals surface area contributed by atoms with Gasteiger partial charge in [-0.1, -0.05) is 22.0 Å². The highest BCUT2D eigenvalue weighted by Crippen LogP contribution is 2.26. The molecule has 1 aromatic rings. The Labute approximate surface area is 104 Å². The van der Waals surface area contributed by atoms with Crippen LogP contribution in [0.4, 0.5) is 5.69 Å². The van der Waals surface area contributed by atoms with Crippen molar-refractivity contribution in [3.63, 3.8) is 0 Å². The summed E-state index contributed by atoms with van der Waals surface area (Å²) in [7, 11) is 0. The van der Waals surface area contributed by atoms with Crippen LogP contribution in [0.15, 0.2) is 28.7 Å². The van der Waals surface area contributed by atoms with Gasteiger partial charge in [-0.2, -0.15) is 0 Å². The van der Waals surface area contributed by atoms with Crippen LogP contribution in [-0.2, 0) is 4.74 Å². The molecule has 4 heteroatoms. The molecule has 1 aliphatic heterocycles. The number of rotatable bonds is 3. The molecule has 0 saturated carbocycles. The zero-order valence-electron chi connectivity index (χ0n) is 9.21. The molecule has 0 aliphatic carbocycles. The molecule has 1 aromatic carbocycles. The van der Waals surface area contributed by atoms with Crippen molar-refractivity contribution >= 4 is 21.6 Å². The van der Waals surface area contributed by atoms with Crippen LogP contribution in [0.1, 0.15) is 12.8 Å². The van der Waals surface area contributed by atoms with Gasteiger partial charge in [0.2, 0.25) is 0 Å². The molecule has 1 heterocycles. The predicted molar refractivity (Wildman–Crippen MR) is 69.6 cm³/mol. The maximum absolute atomic E-state index is 5.89. The van der Waals surface area contributed by atoms with E-state index in [0.29, 0.717) is 6.54 Å². The van der Waals surface area contributed by atoms with Crippen molar-refractivity contribution in [2.45, 2.75) is 18.4 Å². The number of hydrogen-bond donors (Lipinski definition) is 2. The minimum absolute atomic E-state index is 0.000949. The summed E-state index contributed by atoms with van der Waals surface area (Å²) in [4.78, 5) is 0. The summed E-state index contributed by atoms with van der Waals surface area (Å²) in [5, 5.41) is 3.55. The standard InChI is InChI=1S/C12H17BrN2O/c13-10-2-1-3-11(8-10)15-12(9-14)4-6-16-7-5-12/h1-3,8,15H,4-7,9,14H2. The number of halogens is 1. The fourth-order valence-corrected chi connectivity index (χ4v) is 2.41. The van der Waals surface area contributed by atoms with Gasteiger partial charge < -0.3 is 15.8 Å². The first-order chi connectivity index (χ1) is 7.74. The van der Waals surface area contributed by atoms with Gasteiger partial charge in [-0.15, -0.1) is 0 Å². The van der Waals surface area contributed by atoms with Gasteiger partial charge in [0.15, 0.2) is 0 Å². The summed E-state index contributed by atoms with van der Waals surface area (Å²) in [6.07, 6.45) is 1.94. The number of anilines is 1. The molecule has 0 aromatic heterocycles. The molecule has 0 radical (unpaired) electrons. The summed E-state index contributed by atoms with van der Waals surface area (Å²) in [5.41, 5.74) is 7.01. The molecule has 0 spiro atoms. The molecule has 16 heavy (non-hydrogen) atoms. The number of hydrogen-bond acceptors (Lipinski definition) is 3. The topological polar surface area (TPSA) is 47.3 Å². The highest BCUT2D eigenvalue weighted by atomic mass is 79.9. The lowest BCUT2D eigenvalue weighted by Crippen LogP contribution is -2.49. The summed E-state index contributed by atoms with van der Waals surface area (Å²) >= 11 is 3.47. The zero-order chi connectivity index (χ0) is 11.4. The molecule has 2 rings (SSSR count). The summed E-state index contributed by atoms with van der Waals surface area (Å²) < 4.78 is 6.46. The third-order valence-electron chi connectivity index (χ3n) is 3.07. The maximum atomic E-state index is 5.89. The molecule has 0 bridgehead atoms. The Hall–Kier alpha value is -0.580. The van der Waals surface area contributed by atoms with Crippen LogP contribution in [0, 0.1) is 0 Å². The van der Waals surface area contributed by atoms with Gasteiger partial charge in [0.05, 0.1) is 5.54 Å². The van der Waals surface area contributed by atoms with Crippen LogP contribution in [0.5, 0.6) is 0 Å². The summed E-state index contributed by atoms with van der Waals surface area (Å²) in [6, 6.07) is 8.19. The third kappa shape index (κ3) is 2.75. The van der Waals surface area contributed by atoms with Gasteiger partial charge in [-0.3, -0.25) is 0 Å². The van der Waals surface area contributed by atoms with Gasteiger partial charge >= 0.3 is 0 Å². The average Bonchev–Trinajstić information content (AvgIpc) is 2.30. The Morgan fingerprint density at radius 2 is 2.12 bits per heavy atom. The molecule has 0 atom stereocenters. The Kier molecular flexibility index (Phi) is 3.84. The second-order valence-electron chi connectivity index (χ2n) is 4.23. The molecular weight excluding hydrogens is 268 g/mol. The monoisotopic (exact) mass is 284 g/mol. The van der Waals surface area contributed by atoms with E-state index in [2.05, 4.69) is 33.4 Å². The minimum atomic E-state index is -0.000949. The van der Waals surface area contributed by atoms with Crippen molar-refractivity contribution in [2.24, 2.45) is 5.73 Å². The lowest BCUT2D eigenvalue weighted by Gasteiger charge is -2.37. The van der Waals surface area contributed by atoms with Crippen molar-refractivity contribution in [3.05, 3.63) is 28.7 Å². The quantitative estimate of drug-likeness (QED) is 0.896. The van der Waals surface area contributed by atoms with E-state index < -0.39 is 0 Å². The van der Waals surface area contributed by atoms with E-state index in [9.17, 15) is 0 Å². The van der Waals surface area contributed by atoms with E-state index in [1.54, 1.807) is 0 Å². The molecule has 88 valence electrons. The first-order valence-electron chi connectivity index (χ1n) is 5.56. The third-order valence-corrected chi connectivity index (χ3v) is 3.57. The van der Waals surface area contributed by atoms with E-state index in [-0.39, 0.29) is 5.54 Å². The molecule has 1 aliphatic rings. The largest absolute Gasteiger partial charge is 0.381 e. The van der Waals surface area contributed by atoms with Crippen molar-refractivity contribution in [3.8, 4) is 0 Å². The predicted octanol–water partition coefficient (Wildman–Crippen LogP) is 2.37. The van der Waals surface area contributed by atoms with Crippen LogP contribution in [-0.4, -0.2) is 25.3 Å². The first-order valence-corrected chi connectivity index (χ1v) is 6.35. The number of ether oxygens (including phenoxy) is 1. The second-order valence-corrected chi connectivity index (χ2v) is 5.15. The van der Waals surface area contributed by atoms with Crippen LogP contribution in [0.2, 0.25) is 0 Å². The molecule has 3 nitrogen and oxygen atoms in total. The second kappa shape index (κ2) is 5.17. The summed E-state index contributed by atoms with van der Waals surface area (Å²) in [5.74, 6) is 0. The fourth-order valence-electron chi connectivity index (χ4n) is 2.01. The molecule has 0 amide bonds. The number of nitrogens with one attached hydrogen (secondary N) is 1. The molecule has 3 N–H and O–H groups in total. The SMILES string of the molecule is NCC1(Nc2cccc(Br)c2)CCOCC1. The van der Waals surface area contributed by atoms with Gasteiger partial charge in [0, 0.05) is 29.9 Å². The molecular formula is C12H17BrN2O. The van der Waals surface area contributed by atoms with Crippen LogP contribution in [0.25, 0.3) is 0 Å². The van der Waals surface area contributed by atoms with Crippen molar-refractivity contribution in [1.82, 2.24) is 0 Å². The molecule has 1 fully saturated rings. The van der Waals surface area contributed by atoms with Gasteiger partial charge in [-0.25, -0.2) is 0 Å². The Bertz CT molecular complexity index is 351. The Morgan fingerprint density at radius 3 is 2.75 bits per heavy atom. The highest BCUT2D eigenvalue weighted by Gasteiger charge is 2.30. The molecule has 0 unspecified atom stereocenters. The smallest absolute Gasteiger partial charge is 0.0539 e. The van der Waals surface area contributed by atoms with Gasteiger partial charge in [0.1, 0.15) is 0 Å². The lowest BCUT2D eigenvalue weighted by molar-refractivity contribution is 0.0628.